The summed E-state index contributed by atoms with van der Waals surface area (Å²) >= 11 is 0. The lowest BCUT2D eigenvalue weighted by molar-refractivity contribution is -0.130. The quantitative estimate of drug-likeness (QED) is 0.630. The number of nitrogens with one attached hydrogen (secondary N) is 1. The minimum absolute atomic E-state index is 0.0305. The van der Waals surface area contributed by atoms with Crippen molar-refractivity contribution in [3.05, 3.63) is 17.5 Å². The lowest BCUT2D eigenvalue weighted by Crippen LogP contribution is -2.43. The molecule has 4 rings (SSSR count). The number of aromatic amines is 1. The highest BCUT2D eigenvalue weighted by molar-refractivity contribution is 5.95. The molecule has 0 unspecified atom stereocenters. The van der Waals surface area contributed by atoms with Crippen LogP contribution < -0.4 is 0 Å². The largest absolute Gasteiger partial charge is 0.483 e. The van der Waals surface area contributed by atoms with Crippen molar-refractivity contribution in [2.45, 2.75) is 57.8 Å². The Hall–Kier alpha value is -2.42. The van der Waals surface area contributed by atoms with Gasteiger partial charge in [-0.1, -0.05) is 26.2 Å². The van der Waals surface area contributed by atoms with Gasteiger partial charge in [0.15, 0.2) is 0 Å². The number of carbonyl (C=O) groups is 3. The van der Waals surface area contributed by atoms with Gasteiger partial charge in [0.1, 0.15) is 0 Å². The number of nitrogens with zero attached hydrogens (tertiary/aromatic N) is 4. The van der Waals surface area contributed by atoms with Gasteiger partial charge in [-0.25, -0.2) is 0 Å². The van der Waals surface area contributed by atoms with Gasteiger partial charge < -0.3 is 19.8 Å². The Bertz CT molecular complexity index is 820. The number of likely N-dealkylation sites (tertiary alicyclic amines) is 2. The fraction of sp³-hybridized carbons (Fsp3) is 0.750. The van der Waals surface area contributed by atoms with Crippen molar-refractivity contribution in [2.24, 2.45) is 11.3 Å². The van der Waals surface area contributed by atoms with Crippen molar-refractivity contribution in [1.82, 2.24) is 24.9 Å². The molecule has 2 atom stereocenters. The van der Waals surface area contributed by atoms with Crippen LogP contribution >= 0.6 is 0 Å². The van der Waals surface area contributed by atoms with Crippen molar-refractivity contribution in [1.29, 1.82) is 0 Å². The van der Waals surface area contributed by atoms with Gasteiger partial charge >= 0.3 is 0 Å². The fourth-order valence-electron chi connectivity index (χ4n) is 6.09. The summed E-state index contributed by atoms with van der Waals surface area (Å²) in [4.78, 5) is 40.7. The minimum Gasteiger partial charge on any atom is -0.483 e. The predicted octanol–water partition coefficient (Wildman–Crippen LogP) is 2.42. The van der Waals surface area contributed by atoms with Gasteiger partial charge in [0.25, 0.3) is 12.4 Å². The van der Waals surface area contributed by atoms with E-state index in [-0.39, 0.29) is 23.7 Å². The Labute approximate surface area is 196 Å². The lowest BCUT2D eigenvalue weighted by Gasteiger charge is -2.32. The van der Waals surface area contributed by atoms with Gasteiger partial charge in [-0.05, 0) is 33.4 Å². The van der Waals surface area contributed by atoms with Crippen molar-refractivity contribution < 1.29 is 19.5 Å². The lowest BCUT2D eigenvalue weighted by atomic mass is 9.80. The maximum absolute atomic E-state index is 13.5. The molecule has 1 saturated carbocycles. The van der Waals surface area contributed by atoms with E-state index < -0.39 is 0 Å². The summed E-state index contributed by atoms with van der Waals surface area (Å²) in [5, 5.41) is 14.3. The molecule has 9 heteroatoms. The fourth-order valence-corrected chi connectivity index (χ4v) is 6.09. The van der Waals surface area contributed by atoms with Crippen LogP contribution in [0.2, 0.25) is 0 Å². The van der Waals surface area contributed by atoms with E-state index in [1.807, 2.05) is 9.80 Å². The van der Waals surface area contributed by atoms with Crippen LogP contribution in [0.5, 0.6) is 0 Å². The molecule has 184 valence electrons. The van der Waals surface area contributed by atoms with Crippen LogP contribution in [0.25, 0.3) is 0 Å². The molecule has 0 bridgehead atoms. The average Bonchev–Trinajstić information content (AvgIpc) is 3.47. The van der Waals surface area contributed by atoms with E-state index >= 15 is 0 Å². The molecule has 2 N–H and O–H groups in total. The molecule has 3 heterocycles. The molecule has 1 aromatic rings. The first-order valence-electron chi connectivity index (χ1n) is 12.2. The number of rotatable bonds is 6. The third-order valence-electron chi connectivity index (χ3n) is 7.41. The molecule has 3 fully saturated rings. The molecule has 0 aromatic carbocycles. The Kier molecular flexibility index (Phi) is 8.51. The van der Waals surface area contributed by atoms with Crippen molar-refractivity contribution in [3.8, 4) is 0 Å². The first kappa shape index (κ1) is 25.2. The third-order valence-corrected chi connectivity index (χ3v) is 7.41. The normalized spacial score (nSPS) is 25.0. The second-order valence-corrected chi connectivity index (χ2v) is 10.1. The molecule has 0 spiro atoms. The first-order chi connectivity index (χ1) is 15.8. The van der Waals surface area contributed by atoms with Gasteiger partial charge in [0.05, 0.1) is 17.5 Å². The second kappa shape index (κ2) is 11.1. The van der Waals surface area contributed by atoms with Crippen molar-refractivity contribution in [3.63, 3.8) is 0 Å². The van der Waals surface area contributed by atoms with Crippen LogP contribution in [0.15, 0.2) is 6.20 Å². The van der Waals surface area contributed by atoms with Crippen molar-refractivity contribution >= 4 is 18.3 Å². The number of fused-ring (bicyclic) bond motifs is 1. The number of hydrogen-bond acceptors (Lipinski definition) is 5. The second-order valence-electron chi connectivity index (χ2n) is 10.1. The number of H-pyrrole nitrogens is 1. The summed E-state index contributed by atoms with van der Waals surface area (Å²) in [7, 11) is 4.17. The van der Waals surface area contributed by atoms with E-state index in [0.717, 1.165) is 63.2 Å². The van der Waals surface area contributed by atoms with Crippen LogP contribution in [0, 0.1) is 11.3 Å². The number of hydrogen-bond donors (Lipinski definition) is 2. The Morgan fingerprint density at radius 2 is 1.85 bits per heavy atom. The Morgan fingerprint density at radius 1 is 1.21 bits per heavy atom. The summed E-state index contributed by atoms with van der Waals surface area (Å²) in [6.45, 7) is 5.70. The summed E-state index contributed by atoms with van der Waals surface area (Å²) in [6.07, 6.45) is 9.28. The maximum atomic E-state index is 13.5. The van der Waals surface area contributed by atoms with E-state index in [2.05, 4.69) is 36.1 Å². The zero-order valence-electron chi connectivity index (χ0n) is 20.3. The highest BCUT2D eigenvalue weighted by atomic mass is 16.3. The van der Waals surface area contributed by atoms with E-state index in [1.165, 1.54) is 19.3 Å². The highest BCUT2D eigenvalue weighted by Gasteiger charge is 2.54. The molecule has 2 saturated heterocycles. The molecule has 1 aliphatic carbocycles. The van der Waals surface area contributed by atoms with Gasteiger partial charge in [-0.2, -0.15) is 5.10 Å². The molecule has 0 radical (unpaired) electrons. The molecule has 2 amide bonds. The topological polar surface area (TPSA) is 110 Å². The highest BCUT2D eigenvalue weighted by Crippen LogP contribution is 2.44. The SMILES string of the molecule is CCCC(=O)N1C[C@@H]2CN(C(=O)c3cn[nH]c3C3CCCCC3)C[C@]2(CN(C)C)C1.O=CO. The van der Waals surface area contributed by atoms with Crippen LogP contribution in [0.1, 0.15) is 73.8 Å². The zero-order chi connectivity index (χ0) is 24.0. The number of amides is 2. The van der Waals surface area contributed by atoms with Crippen LogP contribution in [0.3, 0.4) is 0 Å². The molecule has 3 aliphatic rings. The summed E-state index contributed by atoms with van der Waals surface area (Å²) in [5.41, 5.74) is 1.77. The van der Waals surface area contributed by atoms with Crippen molar-refractivity contribution in [2.75, 3.05) is 46.8 Å². The standard InChI is InChI=1S/C23H37N5O2.CH2O2/c1-4-8-20(29)27-12-18-13-28(16-23(18,15-27)14-26(2)3)22(30)19-11-24-25-21(19)17-9-6-5-7-10-17;2-1-3/h11,17-18H,4-10,12-16H2,1-3H3,(H,24,25);1H,(H,2,3)/t18-,23+;/m1./s1. The van der Waals surface area contributed by atoms with Gasteiger partial charge in [0.2, 0.25) is 5.91 Å². The minimum atomic E-state index is -0.250. The van der Waals surface area contributed by atoms with Gasteiger partial charge in [-0.15, -0.1) is 0 Å². The van der Waals surface area contributed by atoms with E-state index in [1.54, 1.807) is 6.20 Å². The number of carbonyl (C=O) groups excluding carboxylic acids is 2. The molecular weight excluding hydrogens is 422 g/mol. The van der Waals surface area contributed by atoms with E-state index in [9.17, 15) is 9.59 Å². The molecule has 1 aromatic heterocycles. The van der Waals surface area contributed by atoms with E-state index in [0.29, 0.717) is 18.3 Å². The third kappa shape index (κ3) is 5.57. The van der Waals surface area contributed by atoms with E-state index in [4.69, 9.17) is 9.90 Å². The van der Waals surface area contributed by atoms with Crippen LogP contribution in [-0.4, -0.2) is 95.1 Å². The van der Waals surface area contributed by atoms with Crippen LogP contribution in [-0.2, 0) is 9.59 Å². The molecule has 2 aliphatic heterocycles. The van der Waals surface area contributed by atoms with Gasteiger partial charge in [0, 0.05) is 56.4 Å². The number of carboxylic acid groups (broad SMARTS) is 1. The maximum Gasteiger partial charge on any atom is 0.290 e. The molecule has 9 nitrogen and oxygen atoms in total. The number of aromatic nitrogens is 2. The van der Waals surface area contributed by atoms with Crippen LogP contribution in [0.4, 0.5) is 0 Å². The Morgan fingerprint density at radius 3 is 2.48 bits per heavy atom. The monoisotopic (exact) mass is 461 g/mol. The summed E-state index contributed by atoms with van der Waals surface area (Å²) < 4.78 is 0. The molecular formula is C24H39N5O4. The first-order valence-corrected chi connectivity index (χ1v) is 12.2. The summed E-state index contributed by atoms with van der Waals surface area (Å²) in [5.74, 6) is 1.15. The summed E-state index contributed by atoms with van der Waals surface area (Å²) in [6, 6.07) is 0. The zero-order valence-corrected chi connectivity index (χ0v) is 20.3. The molecule has 33 heavy (non-hydrogen) atoms. The Balaban J connectivity index is 0.000000968. The average molecular weight is 462 g/mol. The smallest absolute Gasteiger partial charge is 0.290 e. The predicted molar refractivity (Wildman–Crippen MR) is 125 cm³/mol. The van der Waals surface area contributed by atoms with Gasteiger partial charge in [-0.3, -0.25) is 19.5 Å².